The van der Waals surface area contributed by atoms with E-state index in [2.05, 4.69) is 20.5 Å². The maximum Gasteiger partial charge on any atom is 0.239 e. The lowest BCUT2D eigenvalue weighted by Crippen LogP contribution is -2.47. The quantitative estimate of drug-likeness (QED) is 0.616. The molecule has 1 heterocycles. The minimum absolute atomic E-state index is 0.106. The molecular weight excluding hydrogens is 300 g/mol. The first-order valence-corrected chi connectivity index (χ1v) is 9.96. The zero-order valence-electron chi connectivity index (χ0n) is 15.3. The predicted molar refractivity (Wildman–Crippen MR) is 98.1 cm³/mol. The van der Waals surface area contributed by atoms with E-state index in [1.54, 1.807) is 0 Å². The van der Waals surface area contributed by atoms with Gasteiger partial charge in [-0.2, -0.15) is 0 Å². The van der Waals surface area contributed by atoms with Crippen molar-refractivity contribution in [1.29, 1.82) is 0 Å². The molecule has 1 spiro atoms. The molecule has 0 atom stereocenters. The van der Waals surface area contributed by atoms with Crippen molar-refractivity contribution in [2.75, 3.05) is 26.7 Å². The summed E-state index contributed by atoms with van der Waals surface area (Å²) >= 11 is 0. The van der Waals surface area contributed by atoms with Gasteiger partial charge in [-0.25, -0.2) is 0 Å². The fraction of sp³-hybridized carbons (Fsp3) is 0.895. The van der Waals surface area contributed by atoms with Crippen LogP contribution in [0.25, 0.3) is 0 Å². The molecule has 0 radical (unpaired) electrons. The van der Waals surface area contributed by atoms with E-state index < -0.39 is 0 Å². The summed E-state index contributed by atoms with van der Waals surface area (Å²) in [7, 11) is 1.83. The molecule has 136 valence electrons. The molecule has 0 aromatic rings. The van der Waals surface area contributed by atoms with Gasteiger partial charge >= 0.3 is 0 Å². The highest BCUT2D eigenvalue weighted by Crippen LogP contribution is 2.43. The number of carbonyl (C=O) groups excluding carboxylic acids is 1. The van der Waals surface area contributed by atoms with Crippen LogP contribution in [-0.4, -0.2) is 49.5 Å². The van der Waals surface area contributed by atoms with E-state index in [0.29, 0.717) is 18.0 Å². The minimum atomic E-state index is 0.106. The van der Waals surface area contributed by atoms with Gasteiger partial charge in [-0.05, 0) is 37.5 Å². The van der Waals surface area contributed by atoms with Crippen LogP contribution in [0.3, 0.4) is 0 Å². The third-order valence-corrected chi connectivity index (χ3v) is 6.24. The zero-order chi connectivity index (χ0) is 16.8. The van der Waals surface area contributed by atoms with E-state index in [0.717, 1.165) is 31.9 Å². The van der Waals surface area contributed by atoms with Crippen molar-refractivity contribution in [3.05, 3.63) is 0 Å². The number of hydrogen-bond acceptors (Lipinski definition) is 2. The highest BCUT2D eigenvalue weighted by molar-refractivity contribution is 5.86. The molecule has 24 heavy (non-hydrogen) atoms. The molecule has 1 saturated heterocycles. The average Bonchev–Trinajstić information content (AvgIpc) is 3.00. The summed E-state index contributed by atoms with van der Waals surface area (Å²) in [6.45, 7) is 2.52. The fourth-order valence-corrected chi connectivity index (χ4v) is 4.84. The number of rotatable bonds is 3. The molecule has 3 fully saturated rings. The smallest absolute Gasteiger partial charge is 0.239 e. The summed E-state index contributed by atoms with van der Waals surface area (Å²) in [6, 6.07) is 0.382. The number of hydrogen-bond donors (Lipinski definition) is 2. The zero-order valence-corrected chi connectivity index (χ0v) is 15.3. The number of nitrogens with zero attached hydrogens (tertiary/aromatic N) is 2. The van der Waals surface area contributed by atoms with Gasteiger partial charge in [0.2, 0.25) is 5.91 Å². The van der Waals surface area contributed by atoms with E-state index in [1.165, 1.54) is 57.8 Å². The Kier molecular flexibility index (Phi) is 6.01. The molecule has 1 amide bonds. The number of amides is 1. The molecule has 5 nitrogen and oxygen atoms in total. The van der Waals surface area contributed by atoms with Crippen molar-refractivity contribution in [3.8, 4) is 0 Å². The standard InChI is InChI=1S/C19H34N4O/c1-20-18(21-14-17(24)22-16-8-4-2-5-9-16)23-13-12-19(15-23)10-6-3-7-11-19/h16H,2-15H2,1H3,(H,20,21)(H,22,24). The first-order chi connectivity index (χ1) is 11.7. The van der Waals surface area contributed by atoms with Crippen molar-refractivity contribution < 1.29 is 4.79 Å². The first-order valence-electron chi connectivity index (χ1n) is 9.96. The second-order valence-corrected chi connectivity index (χ2v) is 8.04. The van der Waals surface area contributed by atoms with E-state index in [-0.39, 0.29) is 5.91 Å². The molecular formula is C19H34N4O. The predicted octanol–water partition coefficient (Wildman–Crippen LogP) is 2.67. The highest BCUT2D eigenvalue weighted by atomic mass is 16.2. The summed E-state index contributed by atoms with van der Waals surface area (Å²) < 4.78 is 0. The topological polar surface area (TPSA) is 56.7 Å². The Morgan fingerprint density at radius 3 is 2.50 bits per heavy atom. The monoisotopic (exact) mass is 334 g/mol. The number of nitrogens with one attached hydrogen (secondary N) is 2. The minimum Gasteiger partial charge on any atom is -0.352 e. The molecule has 0 aromatic carbocycles. The molecule has 2 aliphatic carbocycles. The van der Waals surface area contributed by atoms with E-state index in [1.807, 2.05) is 7.05 Å². The number of likely N-dealkylation sites (tertiary alicyclic amines) is 1. The number of aliphatic imine (C=N–C) groups is 1. The van der Waals surface area contributed by atoms with Crippen molar-refractivity contribution in [2.45, 2.75) is 76.7 Å². The maximum atomic E-state index is 12.2. The first kappa shape index (κ1) is 17.6. The van der Waals surface area contributed by atoms with Gasteiger partial charge in [0.15, 0.2) is 5.96 Å². The van der Waals surface area contributed by atoms with Crippen LogP contribution in [0.1, 0.15) is 70.6 Å². The second kappa shape index (κ2) is 8.21. The molecule has 0 bridgehead atoms. The van der Waals surface area contributed by atoms with Crippen molar-refractivity contribution in [1.82, 2.24) is 15.5 Å². The lowest BCUT2D eigenvalue weighted by molar-refractivity contribution is -0.120. The third-order valence-electron chi connectivity index (χ3n) is 6.24. The van der Waals surface area contributed by atoms with E-state index in [9.17, 15) is 4.79 Å². The molecule has 1 aliphatic heterocycles. The van der Waals surface area contributed by atoms with Gasteiger partial charge in [-0.3, -0.25) is 9.79 Å². The molecule has 3 aliphatic rings. The maximum absolute atomic E-state index is 12.2. The van der Waals surface area contributed by atoms with Crippen molar-refractivity contribution in [2.24, 2.45) is 10.4 Å². The molecule has 2 N–H and O–H groups in total. The van der Waals surface area contributed by atoms with Crippen LogP contribution < -0.4 is 10.6 Å². The SMILES string of the molecule is CN=C(NCC(=O)NC1CCCCC1)N1CCC2(CCCCC2)C1. The molecule has 5 heteroatoms. The molecule has 3 rings (SSSR count). The Labute approximate surface area is 146 Å². The number of guanidine groups is 1. The number of carbonyl (C=O) groups is 1. The van der Waals surface area contributed by atoms with Gasteiger partial charge < -0.3 is 15.5 Å². The van der Waals surface area contributed by atoms with Crippen LogP contribution >= 0.6 is 0 Å². The molecule has 0 unspecified atom stereocenters. The van der Waals surface area contributed by atoms with Crippen molar-refractivity contribution >= 4 is 11.9 Å². The lowest BCUT2D eigenvalue weighted by atomic mass is 9.73. The van der Waals surface area contributed by atoms with Gasteiger partial charge in [-0.15, -0.1) is 0 Å². The Bertz CT molecular complexity index is 450. The fourth-order valence-electron chi connectivity index (χ4n) is 4.84. The Balaban J connectivity index is 1.44. The Morgan fingerprint density at radius 2 is 1.79 bits per heavy atom. The average molecular weight is 335 g/mol. The highest BCUT2D eigenvalue weighted by Gasteiger charge is 2.39. The van der Waals surface area contributed by atoms with E-state index >= 15 is 0 Å². The second-order valence-electron chi connectivity index (χ2n) is 8.04. The van der Waals surface area contributed by atoms with E-state index in [4.69, 9.17) is 0 Å². The largest absolute Gasteiger partial charge is 0.352 e. The summed E-state index contributed by atoms with van der Waals surface area (Å²) in [5.74, 6) is 1.01. The third kappa shape index (κ3) is 4.42. The normalized spacial score (nSPS) is 25.0. The van der Waals surface area contributed by atoms with Crippen LogP contribution in [0, 0.1) is 5.41 Å². The van der Waals surface area contributed by atoms with Crippen LogP contribution in [-0.2, 0) is 4.79 Å². The van der Waals surface area contributed by atoms with Gasteiger partial charge in [-0.1, -0.05) is 38.5 Å². The Morgan fingerprint density at radius 1 is 1.08 bits per heavy atom. The van der Waals surface area contributed by atoms with Crippen LogP contribution in [0.4, 0.5) is 0 Å². The Hall–Kier alpha value is -1.26. The van der Waals surface area contributed by atoms with Crippen LogP contribution in [0.5, 0.6) is 0 Å². The summed E-state index contributed by atoms with van der Waals surface area (Å²) in [6.07, 6.45) is 14.2. The van der Waals surface area contributed by atoms with Crippen molar-refractivity contribution in [3.63, 3.8) is 0 Å². The van der Waals surface area contributed by atoms with Crippen LogP contribution in [0.15, 0.2) is 4.99 Å². The van der Waals surface area contributed by atoms with Gasteiger partial charge in [0.1, 0.15) is 0 Å². The molecule has 0 aromatic heterocycles. The summed E-state index contributed by atoms with van der Waals surface area (Å²) in [4.78, 5) is 19.0. The lowest BCUT2D eigenvalue weighted by Gasteiger charge is -2.33. The summed E-state index contributed by atoms with van der Waals surface area (Å²) in [5.41, 5.74) is 0.514. The van der Waals surface area contributed by atoms with Gasteiger partial charge in [0.25, 0.3) is 0 Å². The summed E-state index contributed by atoms with van der Waals surface area (Å²) in [5, 5.41) is 6.46. The van der Waals surface area contributed by atoms with Gasteiger partial charge in [0, 0.05) is 26.2 Å². The molecule has 2 saturated carbocycles. The van der Waals surface area contributed by atoms with Gasteiger partial charge in [0.05, 0.1) is 6.54 Å². The van der Waals surface area contributed by atoms with Crippen LogP contribution in [0.2, 0.25) is 0 Å².